The predicted molar refractivity (Wildman–Crippen MR) is 114 cm³/mol. The number of allylic oxidation sites excluding steroid dienone is 1. The molecule has 3 rings (SSSR count). The van der Waals surface area contributed by atoms with Gasteiger partial charge in [-0.3, -0.25) is 4.90 Å². The quantitative estimate of drug-likeness (QED) is 0.719. The molecule has 2 heterocycles. The topological polar surface area (TPSA) is 30.0 Å². The van der Waals surface area contributed by atoms with Crippen molar-refractivity contribution in [2.45, 2.75) is 77.8 Å². The van der Waals surface area contributed by atoms with E-state index in [1.54, 1.807) is 11.1 Å². The summed E-state index contributed by atoms with van der Waals surface area (Å²) in [5.74, 6) is 0. The molecule has 1 atom stereocenters. The Balaban J connectivity index is 1.56. The van der Waals surface area contributed by atoms with Gasteiger partial charge in [-0.15, -0.1) is 0 Å². The molecular formula is C23H43N3O. The van der Waals surface area contributed by atoms with Gasteiger partial charge in [0.15, 0.2) is 0 Å². The summed E-state index contributed by atoms with van der Waals surface area (Å²) in [5.41, 5.74) is 3.77. The lowest BCUT2D eigenvalue weighted by atomic mass is 9.71. The maximum Gasteiger partial charge on any atom is 0.0446 e. The monoisotopic (exact) mass is 377 g/mol. The van der Waals surface area contributed by atoms with Gasteiger partial charge in [-0.1, -0.05) is 25.0 Å². The fraction of sp³-hybridized carbons (Fsp3) is 0.913. The Morgan fingerprint density at radius 1 is 1.11 bits per heavy atom. The van der Waals surface area contributed by atoms with Crippen LogP contribution >= 0.6 is 0 Å². The highest BCUT2D eigenvalue weighted by molar-refractivity contribution is 5.22. The van der Waals surface area contributed by atoms with Crippen molar-refractivity contribution >= 4 is 0 Å². The van der Waals surface area contributed by atoms with Crippen molar-refractivity contribution in [1.29, 1.82) is 0 Å². The number of piperazine rings is 1. The highest BCUT2D eigenvalue weighted by Gasteiger charge is 2.34. The molecule has 3 aliphatic rings. The zero-order chi connectivity index (χ0) is 19.4. The van der Waals surface area contributed by atoms with Gasteiger partial charge >= 0.3 is 0 Å². The summed E-state index contributed by atoms with van der Waals surface area (Å²) in [6, 6.07) is 1.26. The summed E-state index contributed by atoms with van der Waals surface area (Å²) in [6.45, 7) is 14.7. The number of hydrogen-bond donors (Lipinski definition) is 1. The third kappa shape index (κ3) is 5.35. The van der Waals surface area contributed by atoms with Gasteiger partial charge in [-0.2, -0.15) is 0 Å². The summed E-state index contributed by atoms with van der Waals surface area (Å²) in [4.78, 5) is 7.88. The van der Waals surface area contributed by atoms with E-state index < -0.39 is 0 Å². The Morgan fingerprint density at radius 2 is 1.85 bits per heavy atom. The van der Waals surface area contributed by atoms with Crippen molar-refractivity contribution < 1.29 is 5.11 Å². The zero-order valence-electron chi connectivity index (χ0n) is 18.3. The molecule has 2 aliphatic heterocycles. The third-order valence-electron chi connectivity index (χ3n) is 7.60. The smallest absolute Gasteiger partial charge is 0.0446 e. The van der Waals surface area contributed by atoms with Crippen LogP contribution in [0.1, 0.15) is 65.7 Å². The van der Waals surface area contributed by atoms with E-state index in [-0.39, 0.29) is 0 Å². The molecule has 1 unspecified atom stereocenters. The van der Waals surface area contributed by atoms with Crippen LogP contribution in [0, 0.1) is 5.41 Å². The SMILES string of the molecule is CC1=C(CCN2CCN(C3CCN(C)CC3)C(CCO)C2)C(C)(C)CCC1. The van der Waals surface area contributed by atoms with Crippen molar-refractivity contribution in [2.75, 3.05) is 52.9 Å². The number of aliphatic hydroxyl groups is 1. The molecule has 0 saturated carbocycles. The first-order chi connectivity index (χ1) is 12.9. The Bertz CT molecular complexity index is 508. The highest BCUT2D eigenvalue weighted by Crippen LogP contribution is 2.41. The van der Waals surface area contributed by atoms with Gasteiger partial charge < -0.3 is 14.9 Å². The van der Waals surface area contributed by atoms with Gasteiger partial charge in [-0.25, -0.2) is 0 Å². The molecule has 0 aromatic heterocycles. The molecule has 0 amide bonds. The molecule has 4 heteroatoms. The first-order valence-electron chi connectivity index (χ1n) is 11.4. The first-order valence-corrected chi connectivity index (χ1v) is 11.4. The molecular weight excluding hydrogens is 334 g/mol. The molecule has 1 N–H and O–H groups in total. The maximum atomic E-state index is 9.64. The fourth-order valence-electron chi connectivity index (χ4n) is 5.85. The molecule has 0 radical (unpaired) electrons. The minimum atomic E-state index is 0.318. The van der Waals surface area contributed by atoms with Crippen molar-refractivity contribution in [1.82, 2.24) is 14.7 Å². The molecule has 0 spiro atoms. The van der Waals surface area contributed by atoms with Crippen LogP contribution in [-0.2, 0) is 0 Å². The molecule has 0 bridgehead atoms. The summed E-state index contributed by atoms with van der Waals surface area (Å²) in [6.07, 6.45) is 8.75. The Hall–Kier alpha value is -0.420. The molecule has 27 heavy (non-hydrogen) atoms. The summed E-state index contributed by atoms with van der Waals surface area (Å²) < 4.78 is 0. The summed E-state index contributed by atoms with van der Waals surface area (Å²) in [7, 11) is 2.24. The van der Waals surface area contributed by atoms with Crippen LogP contribution in [0.4, 0.5) is 0 Å². The minimum absolute atomic E-state index is 0.318. The van der Waals surface area contributed by atoms with Gasteiger partial charge in [0, 0.05) is 44.9 Å². The number of aliphatic hydroxyl groups excluding tert-OH is 1. The second kappa shape index (κ2) is 9.39. The van der Waals surface area contributed by atoms with Crippen molar-refractivity contribution in [3.8, 4) is 0 Å². The molecule has 1 aliphatic carbocycles. The lowest BCUT2D eigenvalue weighted by Crippen LogP contribution is -2.58. The molecule has 2 fully saturated rings. The second-order valence-corrected chi connectivity index (χ2v) is 9.99. The van der Waals surface area contributed by atoms with Gasteiger partial charge in [-0.05, 0) is 77.4 Å². The third-order valence-corrected chi connectivity index (χ3v) is 7.60. The van der Waals surface area contributed by atoms with E-state index in [0.717, 1.165) is 19.0 Å². The van der Waals surface area contributed by atoms with E-state index in [0.29, 0.717) is 18.1 Å². The summed E-state index contributed by atoms with van der Waals surface area (Å²) in [5, 5.41) is 9.64. The van der Waals surface area contributed by atoms with E-state index in [1.165, 1.54) is 71.2 Å². The molecule has 4 nitrogen and oxygen atoms in total. The van der Waals surface area contributed by atoms with E-state index in [9.17, 15) is 5.11 Å². The fourth-order valence-corrected chi connectivity index (χ4v) is 5.85. The predicted octanol–water partition coefficient (Wildman–Crippen LogP) is 3.37. The van der Waals surface area contributed by atoms with E-state index in [1.807, 2.05) is 0 Å². The number of hydrogen-bond acceptors (Lipinski definition) is 4. The highest BCUT2D eigenvalue weighted by atomic mass is 16.3. The molecule has 2 saturated heterocycles. The lowest BCUT2D eigenvalue weighted by Gasteiger charge is -2.47. The van der Waals surface area contributed by atoms with E-state index >= 15 is 0 Å². The molecule has 0 aromatic carbocycles. The van der Waals surface area contributed by atoms with Crippen LogP contribution < -0.4 is 0 Å². The normalized spacial score (nSPS) is 29.4. The number of rotatable bonds is 6. The van der Waals surface area contributed by atoms with E-state index in [2.05, 4.69) is 42.5 Å². The van der Waals surface area contributed by atoms with Gasteiger partial charge in [0.05, 0.1) is 0 Å². The van der Waals surface area contributed by atoms with Crippen molar-refractivity contribution in [3.63, 3.8) is 0 Å². The standard InChI is InChI=1S/C23H43N3O/c1-19-6-5-11-23(2,3)22(19)9-14-25-15-16-26(21(18-25)10-17-27)20-7-12-24(4)13-8-20/h20-21,27H,5-18H2,1-4H3. The van der Waals surface area contributed by atoms with Crippen LogP contribution in [0.15, 0.2) is 11.1 Å². The van der Waals surface area contributed by atoms with Crippen molar-refractivity contribution in [3.05, 3.63) is 11.1 Å². The minimum Gasteiger partial charge on any atom is -0.396 e. The Labute approximate surface area is 167 Å². The van der Waals surface area contributed by atoms with Gasteiger partial charge in [0.2, 0.25) is 0 Å². The maximum absolute atomic E-state index is 9.64. The number of likely N-dealkylation sites (tertiary alicyclic amines) is 1. The average molecular weight is 378 g/mol. The van der Waals surface area contributed by atoms with E-state index in [4.69, 9.17) is 0 Å². The van der Waals surface area contributed by atoms with Gasteiger partial charge in [0.25, 0.3) is 0 Å². The first kappa shape index (κ1) is 21.3. The number of piperidine rings is 1. The van der Waals surface area contributed by atoms with Crippen LogP contribution in [-0.4, -0.2) is 84.8 Å². The van der Waals surface area contributed by atoms with Crippen LogP contribution in [0.5, 0.6) is 0 Å². The zero-order valence-corrected chi connectivity index (χ0v) is 18.3. The molecule has 0 aromatic rings. The van der Waals surface area contributed by atoms with Crippen LogP contribution in [0.3, 0.4) is 0 Å². The number of nitrogens with zero attached hydrogens (tertiary/aromatic N) is 3. The Morgan fingerprint density at radius 3 is 2.52 bits per heavy atom. The second-order valence-electron chi connectivity index (χ2n) is 9.99. The summed E-state index contributed by atoms with van der Waals surface area (Å²) >= 11 is 0. The van der Waals surface area contributed by atoms with Gasteiger partial charge in [0.1, 0.15) is 0 Å². The van der Waals surface area contributed by atoms with Crippen LogP contribution in [0.25, 0.3) is 0 Å². The lowest BCUT2D eigenvalue weighted by molar-refractivity contribution is 0.00856. The molecule has 156 valence electrons. The Kier molecular flexibility index (Phi) is 7.40. The largest absolute Gasteiger partial charge is 0.396 e. The van der Waals surface area contributed by atoms with Crippen molar-refractivity contribution in [2.24, 2.45) is 5.41 Å². The average Bonchev–Trinajstić information content (AvgIpc) is 2.62. The van der Waals surface area contributed by atoms with Crippen LogP contribution in [0.2, 0.25) is 0 Å².